The molecule has 3 rings (SSSR count). The van der Waals surface area contributed by atoms with Gasteiger partial charge in [0, 0.05) is 10.8 Å². The summed E-state index contributed by atoms with van der Waals surface area (Å²) >= 11 is 0. The maximum Gasteiger partial charge on any atom is 0.190 e. The Hall–Kier alpha value is -2.24. The summed E-state index contributed by atoms with van der Waals surface area (Å²) in [5.41, 5.74) is 1.69. The van der Waals surface area contributed by atoms with E-state index in [-0.39, 0.29) is 4.90 Å². The van der Waals surface area contributed by atoms with Crippen LogP contribution in [0.15, 0.2) is 95.9 Å². The predicted octanol–water partition coefficient (Wildman–Crippen LogP) is 3.96. The summed E-state index contributed by atoms with van der Waals surface area (Å²) in [6, 6.07) is 26.9. The Bertz CT molecular complexity index is 899. The van der Waals surface area contributed by atoms with E-state index in [1.54, 1.807) is 18.2 Å². The fourth-order valence-electron chi connectivity index (χ4n) is 2.67. The Morgan fingerprint density at radius 3 is 1.52 bits per heavy atom. The molecule has 0 aliphatic rings. The van der Waals surface area contributed by atoms with Crippen molar-refractivity contribution >= 4 is 20.6 Å². The molecule has 0 saturated carbocycles. The third-order valence-corrected chi connectivity index (χ3v) is 8.07. The van der Waals surface area contributed by atoms with Crippen LogP contribution in [0.25, 0.3) is 0 Å². The first-order chi connectivity index (χ1) is 12.1. The van der Waals surface area contributed by atoms with Crippen LogP contribution >= 0.6 is 0 Å². The molecular weight excluding hydrogens is 352 g/mol. The lowest BCUT2D eigenvalue weighted by atomic mass is 10.0. The van der Waals surface area contributed by atoms with Gasteiger partial charge in [-0.3, -0.25) is 4.21 Å². The quantitative estimate of drug-likeness (QED) is 0.660. The maximum absolute atomic E-state index is 13.1. The first kappa shape index (κ1) is 17.6. The Morgan fingerprint density at radius 1 is 0.680 bits per heavy atom. The van der Waals surface area contributed by atoms with Crippen molar-refractivity contribution in [1.29, 1.82) is 0 Å². The van der Waals surface area contributed by atoms with Crippen molar-refractivity contribution in [2.24, 2.45) is 0 Å². The minimum Gasteiger partial charge on any atom is -0.258 e. The van der Waals surface area contributed by atoms with Crippen LogP contribution in [0.4, 0.5) is 0 Å². The maximum atomic E-state index is 13.1. The monoisotopic (exact) mass is 370 g/mol. The van der Waals surface area contributed by atoms with Gasteiger partial charge in [0.25, 0.3) is 0 Å². The van der Waals surface area contributed by atoms with Gasteiger partial charge in [0.2, 0.25) is 0 Å². The van der Waals surface area contributed by atoms with Crippen LogP contribution in [0, 0.1) is 0 Å². The highest BCUT2D eigenvalue weighted by atomic mass is 32.3. The molecule has 0 amide bonds. The van der Waals surface area contributed by atoms with Crippen molar-refractivity contribution in [3.8, 4) is 0 Å². The van der Waals surface area contributed by atoms with Crippen molar-refractivity contribution in [1.82, 2.24) is 0 Å². The van der Waals surface area contributed by atoms with Gasteiger partial charge >= 0.3 is 0 Å². The third kappa shape index (κ3) is 4.24. The van der Waals surface area contributed by atoms with Gasteiger partial charge in [-0.2, -0.15) is 0 Å². The molecule has 3 nitrogen and oxygen atoms in total. The molecule has 0 aliphatic heterocycles. The highest BCUT2D eigenvalue weighted by molar-refractivity contribution is 8.05. The van der Waals surface area contributed by atoms with Crippen LogP contribution in [-0.2, 0) is 20.6 Å². The predicted molar refractivity (Wildman–Crippen MR) is 101 cm³/mol. The first-order valence-electron chi connectivity index (χ1n) is 7.83. The minimum atomic E-state index is -3.62. The van der Waals surface area contributed by atoms with Gasteiger partial charge in [-0.15, -0.1) is 0 Å². The van der Waals surface area contributed by atoms with Gasteiger partial charge < -0.3 is 0 Å². The fourth-order valence-corrected chi connectivity index (χ4v) is 6.47. The van der Waals surface area contributed by atoms with Crippen LogP contribution in [0.2, 0.25) is 0 Å². The summed E-state index contributed by atoms with van der Waals surface area (Å²) in [6.45, 7) is 0. The van der Waals surface area contributed by atoms with E-state index >= 15 is 0 Å². The first-order valence-corrected chi connectivity index (χ1v) is 10.9. The Balaban J connectivity index is 1.96. The number of sulfone groups is 1. The van der Waals surface area contributed by atoms with E-state index in [1.807, 2.05) is 60.7 Å². The van der Waals surface area contributed by atoms with Crippen LogP contribution in [-0.4, -0.2) is 17.7 Å². The van der Waals surface area contributed by atoms with Crippen molar-refractivity contribution in [2.45, 2.75) is 10.1 Å². The Labute approximate surface area is 150 Å². The summed E-state index contributed by atoms with van der Waals surface area (Å²) < 4.78 is 38.3. The second-order valence-electron chi connectivity index (χ2n) is 5.63. The summed E-state index contributed by atoms with van der Waals surface area (Å²) in [5.74, 6) is 0. The lowest BCUT2D eigenvalue weighted by molar-refractivity contribution is 0.599. The van der Waals surface area contributed by atoms with E-state index in [1.165, 1.54) is 12.1 Å². The lowest BCUT2D eigenvalue weighted by Crippen LogP contribution is -2.18. The lowest BCUT2D eigenvalue weighted by Gasteiger charge is -2.18. The second-order valence-corrected chi connectivity index (χ2v) is 9.50. The summed E-state index contributed by atoms with van der Waals surface area (Å²) in [4.78, 5) is 0.197. The molecule has 0 aromatic heterocycles. The molecule has 3 aromatic carbocycles. The molecule has 3 aromatic rings. The van der Waals surface area contributed by atoms with E-state index in [0.29, 0.717) is 0 Å². The normalized spacial score (nSPS) is 12.8. The number of hydrogen-bond acceptors (Lipinski definition) is 3. The standard InChI is InChI=1S/C20H18O3S2/c21-24(16-25(22,23)19-14-8-3-9-15-19)20(17-10-4-1-5-11-17)18-12-6-2-7-13-18/h1-15,20H,16H2. The van der Waals surface area contributed by atoms with Gasteiger partial charge in [-0.1, -0.05) is 78.9 Å². The van der Waals surface area contributed by atoms with Gasteiger partial charge in [0.15, 0.2) is 9.84 Å². The molecular formula is C20H18O3S2. The SMILES string of the molecule is O=S(CS(=O)(=O)c1ccccc1)C(c1ccccc1)c1ccccc1. The third-order valence-electron chi connectivity index (χ3n) is 3.84. The minimum absolute atomic E-state index is 0.197. The smallest absolute Gasteiger partial charge is 0.190 e. The fraction of sp³-hybridized carbons (Fsp3) is 0.100. The molecule has 0 spiro atoms. The van der Waals surface area contributed by atoms with Crippen LogP contribution in [0.5, 0.6) is 0 Å². The number of rotatable bonds is 6. The van der Waals surface area contributed by atoms with E-state index in [0.717, 1.165) is 11.1 Å². The Morgan fingerprint density at radius 2 is 1.08 bits per heavy atom. The molecule has 0 saturated heterocycles. The van der Waals surface area contributed by atoms with Crippen LogP contribution < -0.4 is 0 Å². The second kappa shape index (κ2) is 7.76. The van der Waals surface area contributed by atoms with Crippen molar-refractivity contribution in [3.63, 3.8) is 0 Å². The zero-order chi connectivity index (χ0) is 17.7. The zero-order valence-electron chi connectivity index (χ0n) is 13.5. The summed E-state index contributed by atoms with van der Waals surface area (Å²) in [7, 11) is -5.24. The largest absolute Gasteiger partial charge is 0.258 e. The van der Waals surface area contributed by atoms with E-state index in [4.69, 9.17) is 0 Å². The number of hydrogen-bond donors (Lipinski definition) is 0. The van der Waals surface area contributed by atoms with Gasteiger partial charge in [0.05, 0.1) is 10.1 Å². The van der Waals surface area contributed by atoms with E-state index < -0.39 is 31.0 Å². The van der Waals surface area contributed by atoms with Crippen LogP contribution in [0.3, 0.4) is 0 Å². The molecule has 1 atom stereocenters. The molecule has 0 bridgehead atoms. The molecule has 25 heavy (non-hydrogen) atoms. The average molecular weight is 370 g/mol. The van der Waals surface area contributed by atoms with Crippen molar-refractivity contribution in [2.75, 3.05) is 5.08 Å². The number of benzene rings is 3. The molecule has 1 unspecified atom stereocenters. The van der Waals surface area contributed by atoms with Gasteiger partial charge in [0.1, 0.15) is 5.08 Å². The molecule has 0 aliphatic carbocycles. The highest BCUT2D eigenvalue weighted by Crippen LogP contribution is 2.29. The Kier molecular flexibility index (Phi) is 5.46. The van der Waals surface area contributed by atoms with Crippen molar-refractivity contribution in [3.05, 3.63) is 102 Å². The molecule has 128 valence electrons. The zero-order valence-corrected chi connectivity index (χ0v) is 15.1. The summed E-state index contributed by atoms with van der Waals surface area (Å²) in [6.07, 6.45) is 0. The average Bonchev–Trinajstić information content (AvgIpc) is 2.64. The molecule has 0 fully saturated rings. The topological polar surface area (TPSA) is 51.2 Å². The molecule has 5 heteroatoms. The van der Waals surface area contributed by atoms with Gasteiger partial charge in [-0.25, -0.2) is 8.42 Å². The molecule has 0 N–H and O–H groups in total. The van der Waals surface area contributed by atoms with E-state index in [9.17, 15) is 12.6 Å². The summed E-state index contributed by atoms with van der Waals surface area (Å²) in [5, 5.41) is -0.897. The molecule has 0 radical (unpaired) electrons. The van der Waals surface area contributed by atoms with Crippen molar-refractivity contribution < 1.29 is 12.6 Å². The van der Waals surface area contributed by atoms with Gasteiger partial charge in [-0.05, 0) is 23.3 Å². The highest BCUT2D eigenvalue weighted by Gasteiger charge is 2.26. The molecule has 0 heterocycles. The van der Waals surface area contributed by atoms with E-state index in [2.05, 4.69) is 0 Å². The van der Waals surface area contributed by atoms with Crippen LogP contribution in [0.1, 0.15) is 16.4 Å².